The fraction of sp³-hybridized carbons (Fsp3) is 0.350. The summed E-state index contributed by atoms with van der Waals surface area (Å²) in [6.45, 7) is 6.51. The molecule has 0 spiro atoms. The Hall–Kier alpha value is -3.09. The van der Waals surface area contributed by atoms with Gasteiger partial charge in [-0.05, 0) is 38.5 Å². The lowest BCUT2D eigenvalue weighted by molar-refractivity contribution is 0.102. The average molecular weight is 368 g/mol. The maximum atomic E-state index is 12.9. The molecule has 3 rings (SSSR count). The number of nitrogens with zero attached hydrogens (tertiary/aromatic N) is 3. The number of rotatable bonds is 7. The Balaban J connectivity index is 1.91. The fourth-order valence-electron chi connectivity index (χ4n) is 2.81. The van der Waals surface area contributed by atoms with E-state index >= 15 is 0 Å². The summed E-state index contributed by atoms with van der Waals surface area (Å²) in [5.41, 5.74) is 3.24. The van der Waals surface area contributed by atoms with Crippen molar-refractivity contribution in [2.24, 2.45) is 0 Å². The SMILES string of the molecule is CCCCOc1ccc(OC)cc1NC(=O)c1cnn2c(C)cc(C)nc12. The summed E-state index contributed by atoms with van der Waals surface area (Å²) in [4.78, 5) is 17.4. The lowest BCUT2D eigenvalue weighted by Crippen LogP contribution is -2.14. The molecule has 0 saturated carbocycles. The number of aromatic nitrogens is 3. The van der Waals surface area contributed by atoms with E-state index in [9.17, 15) is 4.79 Å². The van der Waals surface area contributed by atoms with E-state index in [1.807, 2.05) is 19.9 Å². The molecule has 0 bridgehead atoms. The molecule has 1 aromatic carbocycles. The van der Waals surface area contributed by atoms with Crippen LogP contribution in [0.2, 0.25) is 0 Å². The van der Waals surface area contributed by atoms with Crippen LogP contribution in [0.5, 0.6) is 11.5 Å². The monoisotopic (exact) mass is 368 g/mol. The van der Waals surface area contributed by atoms with Crippen molar-refractivity contribution in [3.8, 4) is 11.5 Å². The van der Waals surface area contributed by atoms with Gasteiger partial charge in [-0.2, -0.15) is 5.10 Å². The normalized spacial score (nSPS) is 10.8. The Morgan fingerprint density at radius 2 is 2.07 bits per heavy atom. The smallest absolute Gasteiger partial charge is 0.261 e. The standard InChI is InChI=1S/C20H24N4O3/c1-5-6-9-27-18-8-7-15(26-4)11-17(18)23-20(25)16-12-21-24-14(3)10-13(2)22-19(16)24/h7-8,10-12H,5-6,9H2,1-4H3,(H,23,25). The molecule has 2 heterocycles. The molecule has 0 aliphatic rings. The molecule has 1 amide bonds. The lowest BCUT2D eigenvalue weighted by Gasteiger charge is -2.13. The van der Waals surface area contributed by atoms with Crippen LogP contribution in [0.1, 0.15) is 41.5 Å². The van der Waals surface area contributed by atoms with Gasteiger partial charge >= 0.3 is 0 Å². The molecule has 0 radical (unpaired) electrons. The highest BCUT2D eigenvalue weighted by Gasteiger charge is 2.18. The summed E-state index contributed by atoms with van der Waals surface area (Å²) < 4.78 is 12.7. The van der Waals surface area contributed by atoms with E-state index in [4.69, 9.17) is 9.47 Å². The van der Waals surface area contributed by atoms with Gasteiger partial charge < -0.3 is 14.8 Å². The molecule has 27 heavy (non-hydrogen) atoms. The molecular formula is C20H24N4O3. The van der Waals surface area contributed by atoms with Crippen molar-refractivity contribution in [1.82, 2.24) is 14.6 Å². The van der Waals surface area contributed by atoms with Crippen LogP contribution in [0.15, 0.2) is 30.5 Å². The van der Waals surface area contributed by atoms with Crippen LogP contribution >= 0.6 is 0 Å². The number of carbonyl (C=O) groups is 1. The summed E-state index contributed by atoms with van der Waals surface area (Å²) in [7, 11) is 1.58. The number of amides is 1. The Bertz CT molecular complexity index is 965. The van der Waals surface area contributed by atoms with Crippen LogP contribution in [0.4, 0.5) is 5.69 Å². The summed E-state index contributed by atoms with van der Waals surface area (Å²) in [5, 5.41) is 7.18. The first kappa shape index (κ1) is 18.7. The van der Waals surface area contributed by atoms with Gasteiger partial charge in [0.15, 0.2) is 5.65 Å². The van der Waals surface area contributed by atoms with Crippen LogP contribution in [0.3, 0.4) is 0 Å². The number of carbonyl (C=O) groups excluding carboxylic acids is 1. The highest BCUT2D eigenvalue weighted by molar-refractivity contribution is 6.08. The number of nitrogens with one attached hydrogen (secondary N) is 1. The quantitative estimate of drug-likeness (QED) is 0.642. The van der Waals surface area contributed by atoms with Crippen LogP contribution in [-0.2, 0) is 0 Å². The van der Waals surface area contributed by atoms with E-state index in [0.717, 1.165) is 24.2 Å². The van der Waals surface area contributed by atoms with Crippen molar-refractivity contribution in [3.63, 3.8) is 0 Å². The number of methoxy groups -OCH3 is 1. The van der Waals surface area contributed by atoms with Gasteiger partial charge in [0.1, 0.15) is 17.1 Å². The number of ether oxygens (including phenoxy) is 2. The number of fused-ring (bicyclic) bond motifs is 1. The maximum absolute atomic E-state index is 12.9. The molecule has 0 aliphatic heterocycles. The van der Waals surface area contributed by atoms with Crippen molar-refractivity contribution < 1.29 is 14.3 Å². The molecule has 0 fully saturated rings. The number of benzene rings is 1. The average Bonchev–Trinajstić information content (AvgIpc) is 3.07. The molecule has 0 atom stereocenters. The molecular weight excluding hydrogens is 344 g/mol. The zero-order chi connectivity index (χ0) is 19.4. The largest absolute Gasteiger partial charge is 0.497 e. The van der Waals surface area contributed by atoms with E-state index in [2.05, 4.69) is 22.3 Å². The van der Waals surface area contributed by atoms with Crippen LogP contribution in [0, 0.1) is 13.8 Å². The van der Waals surface area contributed by atoms with Crippen molar-refractivity contribution in [2.45, 2.75) is 33.6 Å². The van der Waals surface area contributed by atoms with Gasteiger partial charge in [0.05, 0.1) is 25.6 Å². The Labute approximate surface area is 158 Å². The van der Waals surface area contributed by atoms with E-state index in [1.54, 1.807) is 29.8 Å². The second-order valence-electron chi connectivity index (χ2n) is 6.35. The maximum Gasteiger partial charge on any atom is 0.261 e. The van der Waals surface area contributed by atoms with E-state index in [0.29, 0.717) is 35.0 Å². The minimum Gasteiger partial charge on any atom is -0.497 e. The molecule has 3 aromatic rings. The predicted molar refractivity (Wildman–Crippen MR) is 104 cm³/mol. The summed E-state index contributed by atoms with van der Waals surface area (Å²) in [6, 6.07) is 7.27. The van der Waals surface area contributed by atoms with Crippen LogP contribution < -0.4 is 14.8 Å². The first-order valence-corrected chi connectivity index (χ1v) is 8.97. The molecule has 0 unspecified atom stereocenters. The molecule has 7 nitrogen and oxygen atoms in total. The first-order valence-electron chi connectivity index (χ1n) is 8.97. The number of hydrogen-bond donors (Lipinski definition) is 1. The fourth-order valence-corrected chi connectivity index (χ4v) is 2.81. The van der Waals surface area contributed by atoms with E-state index in [1.165, 1.54) is 6.20 Å². The second-order valence-corrected chi connectivity index (χ2v) is 6.35. The third kappa shape index (κ3) is 4.02. The molecule has 2 aromatic heterocycles. The number of aryl methyl sites for hydroxylation is 2. The van der Waals surface area contributed by atoms with Gasteiger partial charge in [0.2, 0.25) is 0 Å². The van der Waals surface area contributed by atoms with Crippen molar-refractivity contribution in [3.05, 3.63) is 47.4 Å². The molecule has 1 N–H and O–H groups in total. The van der Waals surface area contributed by atoms with Crippen LogP contribution in [-0.4, -0.2) is 34.2 Å². The second kappa shape index (κ2) is 8.07. The van der Waals surface area contributed by atoms with E-state index < -0.39 is 0 Å². The van der Waals surface area contributed by atoms with Gasteiger partial charge in [-0.25, -0.2) is 9.50 Å². The van der Waals surface area contributed by atoms with Gasteiger partial charge in [0, 0.05) is 17.5 Å². The first-order chi connectivity index (χ1) is 13.0. The van der Waals surface area contributed by atoms with Gasteiger partial charge in [-0.3, -0.25) is 4.79 Å². The topological polar surface area (TPSA) is 77.8 Å². The Kier molecular flexibility index (Phi) is 5.59. The van der Waals surface area contributed by atoms with Crippen molar-refractivity contribution in [1.29, 1.82) is 0 Å². The highest BCUT2D eigenvalue weighted by atomic mass is 16.5. The van der Waals surface area contributed by atoms with Crippen molar-refractivity contribution in [2.75, 3.05) is 19.0 Å². The zero-order valence-corrected chi connectivity index (χ0v) is 16.1. The zero-order valence-electron chi connectivity index (χ0n) is 16.1. The van der Waals surface area contributed by atoms with Gasteiger partial charge in [0.25, 0.3) is 5.91 Å². The Morgan fingerprint density at radius 3 is 2.81 bits per heavy atom. The van der Waals surface area contributed by atoms with E-state index in [-0.39, 0.29) is 5.91 Å². The predicted octanol–water partition coefficient (Wildman–Crippen LogP) is 3.79. The molecule has 0 saturated heterocycles. The minimum atomic E-state index is -0.295. The number of unbranched alkanes of at least 4 members (excludes halogenated alkanes) is 1. The molecule has 0 aliphatic carbocycles. The van der Waals surface area contributed by atoms with Gasteiger partial charge in [-0.15, -0.1) is 0 Å². The van der Waals surface area contributed by atoms with Crippen LogP contribution in [0.25, 0.3) is 5.65 Å². The Morgan fingerprint density at radius 1 is 1.26 bits per heavy atom. The van der Waals surface area contributed by atoms with Gasteiger partial charge in [-0.1, -0.05) is 13.3 Å². The number of hydrogen-bond acceptors (Lipinski definition) is 5. The summed E-state index contributed by atoms with van der Waals surface area (Å²) >= 11 is 0. The highest BCUT2D eigenvalue weighted by Crippen LogP contribution is 2.30. The summed E-state index contributed by atoms with van der Waals surface area (Å²) in [5.74, 6) is 0.948. The third-order valence-electron chi connectivity index (χ3n) is 4.21. The summed E-state index contributed by atoms with van der Waals surface area (Å²) in [6.07, 6.45) is 3.50. The van der Waals surface area contributed by atoms with Crippen molar-refractivity contribution >= 4 is 17.2 Å². The lowest BCUT2D eigenvalue weighted by atomic mass is 10.2. The molecule has 7 heteroatoms. The minimum absolute atomic E-state index is 0.295. The number of anilines is 1. The molecule has 142 valence electrons. The third-order valence-corrected chi connectivity index (χ3v) is 4.21.